The van der Waals surface area contributed by atoms with Gasteiger partial charge in [-0.2, -0.15) is 0 Å². The molecule has 1 spiro atoms. The fourth-order valence-electron chi connectivity index (χ4n) is 3.50. The molecule has 5 nitrogen and oxygen atoms in total. The van der Waals surface area contributed by atoms with Gasteiger partial charge in [0.25, 0.3) is 0 Å². The molecule has 0 saturated carbocycles. The van der Waals surface area contributed by atoms with Crippen molar-refractivity contribution >= 4 is 5.91 Å². The highest BCUT2D eigenvalue weighted by molar-refractivity contribution is 5.77. The van der Waals surface area contributed by atoms with Crippen LogP contribution >= 0.6 is 0 Å². The second-order valence-electron chi connectivity index (χ2n) is 7.61. The summed E-state index contributed by atoms with van der Waals surface area (Å²) in [4.78, 5) is 18.2. The van der Waals surface area contributed by atoms with E-state index in [0.717, 1.165) is 18.4 Å². The van der Waals surface area contributed by atoms with Gasteiger partial charge in [-0.25, -0.2) is 0 Å². The second-order valence-corrected chi connectivity index (χ2v) is 7.61. The molecule has 0 N–H and O–H groups in total. The van der Waals surface area contributed by atoms with Crippen LogP contribution in [-0.2, 0) is 20.9 Å². The maximum atomic E-state index is 12.1. The summed E-state index contributed by atoms with van der Waals surface area (Å²) in [5, 5.41) is 0. The highest BCUT2D eigenvalue weighted by Gasteiger charge is 2.49. The zero-order valence-corrected chi connectivity index (χ0v) is 15.0. The van der Waals surface area contributed by atoms with Crippen LogP contribution in [0.15, 0.2) is 18.5 Å². The van der Waals surface area contributed by atoms with Gasteiger partial charge in [0.2, 0.25) is 5.91 Å². The number of hydrogen-bond donors (Lipinski definition) is 0. The molecule has 2 aliphatic rings. The topological polar surface area (TPSA) is 51.7 Å². The van der Waals surface area contributed by atoms with Gasteiger partial charge in [0, 0.05) is 31.8 Å². The summed E-state index contributed by atoms with van der Waals surface area (Å²) < 4.78 is 12.1. The van der Waals surface area contributed by atoms with E-state index in [-0.39, 0.29) is 17.6 Å². The number of aromatic nitrogens is 1. The molecule has 1 atom stereocenters. The van der Waals surface area contributed by atoms with Crippen molar-refractivity contribution < 1.29 is 14.3 Å². The van der Waals surface area contributed by atoms with E-state index in [0.29, 0.717) is 38.6 Å². The lowest BCUT2D eigenvalue weighted by molar-refractivity contribution is -0.202. The van der Waals surface area contributed by atoms with Crippen LogP contribution in [0.1, 0.15) is 44.2 Å². The maximum Gasteiger partial charge on any atom is 0.223 e. The van der Waals surface area contributed by atoms with Crippen molar-refractivity contribution in [1.82, 2.24) is 9.88 Å². The van der Waals surface area contributed by atoms with E-state index < -0.39 is 0 Å². The van der Waals surface area contributed by atoms with E-state index in [1.807, 2.05) is 17.2 Å². The summed E-state index contributed by atoms with van der Waals surface area (Å²) in [7, 11) is 0. The van der Waals surface area contributed by atoms with E-state index in [1.165, 1.54) is 5.56 Å². The Balaban J connectivity index is 1.49. The van der Waals surface area contributed by atoms with Crippen molar-refractivity contribution in [2.45, 2.75) is 58.3 Å². The molecule has 1 amide bonds. The van der Waals surface area contributed by atoms with Crippen LogP contribution in [0.2, 0.25) is 0 Å². The molecule has 0 bridgehead atoms. The number of likely N-dealkylation sites (tertiary alicyclic amines) is 1. The molecule has 3 heterocycles. The minimum atomic E-state index is -0.181. The van der Waals surface area contributed by atoms with Gasteiger partial charge in [0.05, 0.1) is 25.8 Å². The molecular weight excluding hydrogens is 304 g/mol. The van der Waals surface area contributed by atoms with Gasteiger partial charge in [-0.15, -0.1) is 0 Å². The summed E-state index contributed by atoms with van der Waals surface area (Å²) in [5.41, 5.74) is 2.17. The first-order chi connectivity index (χ1) is 11.5. The predicted molar refractivity (Wildman–Crippen MR) is 91.5 cm³/mol. The molecule has 0 aliphatic carbocycles. The largest absolute Gasteiger partial charge is 0.373 e. The van der Waals surface area contributed by atoms with Gasteiger partial charge in [-0.1, -0.05) is 13.8 Å². The fraction of sp³-hybridized carbons (Fsp3) is 0.684. The highest BCUT2D eigenvalue weighted by atomic mass is 16.5. The van der Waals surface area contributed by atoms with Crippen molar-refractivity contribution in [2.75, 3.05) is 19.7 Å². The van der Waals surface area contributed by atoms with E-state index >= 15 is 0 Å². The summed E-state index contributed by atoms with van der Waals surface area (Å²) in [6, 6.07) is 2.01. The lowest BCUT2D eigenvalue weighted by atomic mass is 9.84. The second kappa shape index (κ2) is 7.19. The predicted octanol–water partition coefficient (Wildman–Crippen LogP) is 2.71. The molecule has 0 aromatic carbocycles. The van der Waals surface area contributed by atoms with E-state index in [9.17, 15) is 4.79 Å². The average Bonchev–Trinajstić information content (AvgIpc) is 2.51. The van der Waals surface area contributed by atoms with Gasteiger partial charge < -0.3 is 14.4 Å². The van der Waals surface area contributed by atoms with Gasteiger partial charge in [0.1, 0.15) is 5.60 Å². The third kappa shape index (κ3) is 3.95. The number of aryl methyl sites for hydroxylation is 1. The zero-order chi connectivity index (χ0) is 17.2. The minimum absolute atomic E-state index is 0.181. The number of carbonyl (C=O) groups excluding carboxylic acids is 1. The molecule has 1 aromatic rings. The Bertz CT molecular complexity index is 582. The molecular formula is C19H28N2O3. The smallest absolute Gasteiger partial charge is 0.223 e. The number of hydrogen-bond acceptors (Lipinski definition) is 4. The van der Waals surface area contributed by atoms with Crippen LogP contribution in [0.3, 0.4) is 0 Å². The summed E-state index contributed by atoms with van der Waals surface area (Å²) in [6.07, 6.45) is 6.29. The molecule has 2 aliphatic heterocycles. The number of nitrogens with zero attached hydrogens (tertiary/aromatic N) is 2. The molecule has 3 rings (SSSR count). The van der Waals surface area contributed by atoms with Crippen LogP contribution in [0, 0.1) is 12.8 Å². The van der Waals surface area contributed by atoms with Gasteiger partial charge in [-0.05, 0) is 36.5 Å². The van der Waals surface area contributed by atoms with E-state index in [4.69, 9.17) is 9.47 Å². The first kappa shape index (κ1) is 17.4. The number of pyridine rings is 1. The standard InChI is InChI=1S/C19H28N2O3/c1-14(2)8-18(22)21-12-19(13-21)9-17(5-7-24-19)23-11-16-10-20-6-4-15(16)3/h4,6,10,14,17H,5,7-9,11-13H2,1-3H3. The first-order valence-corrected chi connectivity index (χ1v) is 8.90. The molecule has 24 heavy (non-hydrogen) atoms. The molecule has 0 radical (unpaired) electrons. The monoisotopic (exact) mass is 332 g/mol. The van der Waals surface area contributed by atoms with Gasteiger partial charge in [0.15, 0.2) is 0 Å². The first-order valence-electron chi connectivity index (χ1n) is 8.90. The molecule has 1 unspecified atom stereocenters. The summed E-state index contributed by atoms with van der Waals surface area (Å²) in [5.74, 6) is 0.647. The number of carbonyl (C=O) groups is 1. The molecule has 2 saturated heterocycles. The van der Waals surface area contributed by atoms with Crippen molar-refractivity contribution in [2.24, 2.45) is 5.92 Å². The van der Waals surface area contributed by atoms with Gasteiger partial charge >= 0.3 is 0 Å². The van der Waals surface area contributed by atoms with Crippen LogP contribution in [0.25, 0.3) is 0 Å². The van der Waals surface area contributed by atoms with Crippen molar-refractivity contribution in [1.29, 1.82) is 0 Å². The van der Waals surface area contributed by atoms with Crippen molar-refractivity contribution in [3.63, 3.8) is 0 Å². The maximum absolute atomic E-state index is 12.1. The van der Waals surface area contributed by atoms with Crippen LogP contribution in [-0.4, -0.2) is 47.2 Å². The number of rotatable bonds is 5. The quantitative estimate of drug-likeness (QED) is 0.832. The lowest BCUT2D eigenvalue weighted by Gasteiger charge is -2.53. The van der Waals surface area contributed by atoms with Crippen LogP contribution in [0.4, 0.5) is 0 Å². The Morgan fingerprint density at radius 1 is 1.50 bits per heavy atom. The normalized spacial score (nSPS) is 22.7. The van der Waals surface area contributed by atoms with Gasteiger partial charge in [-0.3, -0.25) is 9.78 Å². The summed E-state index contributed by atoms with van der Waals surface area (Å²) in [6.45, 7) is 8.97. The Labute approximate surface area is 144 Å². The minimum Gasteiger partial charge on any atom is -0.373 e. The number of amides is 1. The van der Waals surface area contributed by atoms with Crippen LogP contribution in [0.5, 0.6) is 0 Å². The third-order valence-corrected chi connectivity index (χ3v) is 4.96. The summed E-state index contributed by atoms with van der Waals surface area (Å²) >= 11 is 0. The Morgan fingerprint density at radius 3 is 3.00 bits per heavy atom. The molecule has 5 heteroatoms. The lowest BCUT2D eigenvalue weighted by Crippen LogP contribution is -2.67. The highest BCUT2D eigenvalue weighted by Crippen LogP contribution is 2.36. The van der Waals surface area contributed by atoms with E-state index in [1.54, 1.807) is 6.20 Å². The molecule has 2 fully saturated rings. The third-order valence-electron chi connectivity index (χ3n) is 4.96. The Kier molecular flexibility index (Phi) is 5.21. The van der Waals surface area contributed by atoms with Crippen molar-refractivity contribution in [3.05, 3.63) is 29.6 Å². The SMILES string of the molecule is Cc1ccncc1COC1CCOC2(C1)CN(C(=O)CC(C)C)C2. The molecule has 132 valence electrons. The van der Waals surface area contributed by atoms with Crippen molar-refractivity contribution in [3.8, 4) is 0 Å². The van der Waals surface area contributed by atoms with Crippen LogP contribution < -0.4 is 0 Å². The Hall–Kier alpha value is -1.46. The van der Waals surface area contributed by atoms with E-state index in [2.05, 4.69) is 25.8 Å². The Morgan fingerprint density at radius 2 is 2.29 bits per heavy atom. The zero-order valence-electron chi connectivity index (χ0n) is 15.0. The average molecular weight is 332 g/mol. The molecule has 1 aromatic heterocycles. The fourth-order valence-corrected chi connectivity index (χ4v) is 3.50. The number of ether oxygens (including phenoxy) is 2.